The summed E-state index contributed by atoms with van der Waals surface area (Å²) in [4.78, 5) is 15.7. The quantitative estimate of drug-likeness (QED) is 0.285. The van der Waals surface area contributed by atoms with Crippen molar-refractivity contribution in [3.8, 4) is 0 Å². The minimum absolute atomic E-state index is 0.0730. The molecule has 1 aromatic rings. The Hall–Kier alpha value is -2.36. The van der Waals surface area contributed by atoms with Gasteiger partial charge in [0.1, 0.15) is 5.76 Å². The lowest BCUT2D eigenvalue weighted by Crippen LogP contribution is -2.07. The number of rotatable bonds is 6. The van der Waals surface area contributed by atoms with E-state index in [1.165, 1.54) is 13.0 Å². The van der Waals surface area contributed by atoms with Crippen molar-refractivity contribution in [2.24, 2.45) is 4.99 Å². The molecule has 0 saturated heterocycles. The third-order valence-corrected chi connectivity index (χ3v) is 2.46. The van der Waals surface area contributed by atoms with Crippen LogP contribution in [0.25, 0.3) is 0 Å². The number of ether oxygens (including phenoxy) is 1. The second-order valence-electron chi connectivity index (χ2n) is 4.05. The number of aliphatic hydroxyl groups is 1. The molecule has 0 fully saturated rings. The third-order valence-electron chi connectivity index (χ3n) is 2.46. The van der Waals surface area contributed by atoms with E-state index in [-0.39, 0.29) is 17.9 Å². The molecule has 4 heteroatoms. The minimum atomic E-state index is -0.541. The Kier molecular flexibility index (Phi) is 6.82. The highest BCUT2D eigenvalue weighted by Gasteiger charge is 2.09. The molecule has 1 aromatic carbocycles. The normalized spacial score (nSPS) is 12.7. The highest BCUT2D eigenvalue weighted by Crippen LogP contribution is 2.05. The van der Waals surface area contributed by atoms with Crippen molar-refractivity contribution >= 4 is 12.2 Å². The second-order valence-corrected chi connectivity index (χ2v) is 4.05. The molecule has 4 nitrogen and oxygen atoms in total. The summed E-state index contributed by atoms with van der Waals surface area (Å²) in [6.45, 7) is 4.00. The monoisotopic (exact) mass is 273 g/mol. The highest BCUT2D eigenvalue weighted by molar-refractivity contribution is 5.93. The molecule has 1 rings (SSSR count). The van der Waals surface area contributed by atoms with E-state index < -0.39 is 5.97 Å². The van der Waals surface area contributed by atoms with Gasteiger partial charge in [0.15, 0.2) is 0 Å². The zero-order valence-corrected chi connectivity index (χ0v) is 11.7. The topological polar surface area (TPSA) is 58.9 Å². The van der Waals surface area contributed by atoms with Gasteiger partial charge in [-0.2, -0.15) is 0 Å². The van der Waals surface area contributed by atoms with E-state index in [4.69, 9.17) is 4.74 Å². The van der Waals surface area contributed by atoms with Crippen LogP contribution in [0.5, 0.6) is 0 Å². The molecular weight excluding hydrogens is 254 g/mol. The van der Waals surface area contributed by atoms with Gasteiger partial charge >= 0.3 is 5.97 Å². The van der Waals surface area contributed by atoms with E-state index in [0.29, 0.717) is 6.54 Å². The summed E-state index contributed by atoms with van der Waals surface area (Å²) in [5.74, 6) is -0.614. The van der Waals surface area contributed by atoms with Crippen LogP contribution in [0.4, 0.5) is 0 Å². The Balaban J connectivity index is 2.58. The van der Waals surface area contributed by atoms with Gasteiger partial charge in [-0.3, -0.25) is 4.99 Å². The number of esters is 1. The molecule has 1 N–H and O–H groups in total. The van der Waals surface area contributed by atoms with Crippen LogP contribution in [0.3, 0.4) is 0 Å². The van der Waals surface area contributed by atoms with Crippen molar-refractivity contribution < 1.29 is 14.6 Å². The van der Waals surface area contributed by atoms with Crippen LogP contribution in [0.1, 0.15) is 19.4 Å². The SMILES string of the molecule is CCOC(=O)C(C=CC=NCc1ccccc1)=C(C)O. The molecule has 106 valence electrons. The van der Waals surface area contributed by atoms with E-state index in [9.17, 15) is 9.90 Å². The van der Waals surface area contributed by atoms with E-state index in [1.54, 1.807) is 19.2 Å². The lowest BCUT2D eigenvalue weighted by molar-refractivity contribution is -0.138. The van der Waals surface area contributed by atoms with Crippen LogP contribution in [-0.2, 0) is 16.1 Å². The zero-order chi connectivity index (χ0) is 14.8. The fraction of sp³-hybridized carbons (Fsp3) is 0.250. The van der Waals surface area contributed by atoms with Crippen LogP contribution in [0.15, 0.2) is 58.8 Å². The fourth-order valence-electron chi connectivity index (χ4n) is 1.49. The number of carbonyl (C=O) groups is 1. The van der Waals surface area contributed by atoms with Gasteiger partial charge in [-0.05, 0) is 31.6 Å². The van der Waals surface area contributed by atoms with Gasteiger partial charge in [-0.25, -0.2) is 4.79 Å². The molecule has 20 heavy (non-hydrogen) atoms. The smallest absolute Gasteiger partial charge is 0.341 e. The Bertz CT molecular complexity index is 512. The van der Waals surface area contributed by atoms with Gasteiger partial charge in [0.05, 0.1) is 18.7 Å². The number of allylic oxidation sites excluding steroid dienone is 2. The standard InChI is InChI=1S/C16H19NO3/c1-3-20-16(19)15(13(2)18)10-7-11-17-12-14-8-5-4-6-9-14/h4-11,18H,3,12H2,1-2H3. The maximum Gasteiger partial charge on any atom is 0.341 e. The molecule has 0 unspecified atom stereocenters. The van der Waals surface area contributed by atoms with Gasteiger partial charge in [0, 0.05) is 6.21 Å². The van der Waals surface area contributed by atoms with Gasteiger partial charge in [-0.1, -0.05) is 30.3 Å². The van der Waals surface area contributed by atoms with Crippen molar-refractivity contribution in [2.75, 3.05) is 6.61 Å². The van der Waals surface area contributed by atoms with Crippen molar-refractivity contribution in [3.63, 3.8) is 0 Å². The van der Waals surface area contributed by atoms with Crippen LogP contribution in [-0.4, -0.2) is 23.9 Å². The first kappa shape index (κ1) is 15.7. The van der Waals surface area contributed by atoms with Gasteiger partial charge in [0.2, 0.25) is 0 Å². The third kappa shape index (κ3) is 5.52. The molecule has 0 heterocycles. The Morgan fingerprint density at radius 3 is 2.65 bits per heavy atom. The molecule has 0 aliphatic rings. The largest absolute Gasteiger partial charge is 0.512 e. The lowest BCUT2D eigenvalue weighted by atomic mass is 10.2. The number of carbonyl (C=O) groups excluding carboxylic acids is 1. The van der Waals surface area contributed by atoms with Crippen LogP contribution in [0, 0.1) is 0 Å². The first-order valence-electron chi connectivity index (χ1n) is 6.42. The average molecular weight is 273 g/mol. The summed E-state index contributed by atoms with van der Waals surface area (Å²) in [5, 5.41) is 9.43. The van der Waals surface area contributed by atoms with Gasteiger partial charge in [0.25, 0.3) is 0 Å². The molecule has 0 bridgehead atoms. The maximum atomic E-state index is 11.5. The Labute approximate surface area is 119 Å². The van der Waals surface area contributed by atoms with Crippen LogP contribution >= 0.6 is 0 Å². The maximum absolute atomic E-state index is 11.5. The first-order valence-corrected chi connectivity index (χ1v) is 6.42. The van der Waals surface area contributed by atoms with Gasteiger partial charge in [-0.15, -0.1) is 0 Å². The number of aliphatic imine (C=N–C) groups is 1. The second kappa shape index (κ2) is 8.69. The number of aliphatic hydroxyl groups excluding tert-OH is 1. The molecule has 0 saturated carbocycles. The molecule has 0 amide bonds. The fourth-order valence-corrected chi connectivity index (χ4v) is 1.49. The summed E-state index contributed by atoms with van der Waals surface area (Å²) in [6, 6.07) is 9.84. The molecule has 0 radical (unpaired) electrons. The summed E-state index contributed by atoms with van der Waals surface area (Å²) < 4.78 is 4.84. The molecule has 0 spiro atoms. The van der Waals surface area contributed by atoms with E-state index in [0.717, 1.165) is 5.56 Å². The number of nitrogens with zero attached hydrogens (tertiary/aromatic N) is 1. The Morgan fingerprint density at radius 2 is 2.05 bits per heavy atom. The number of hydrogen-bond donors (Lipinski definition) is 1. The average Bonchev–Trinajstić information content (AvgIpc) is 2.43. The predicted octanol–water partition coefficient (Wildman–Crippen LogP) is 3.21. The lowest BCUT2D eigenvalue weighted by Gasteiger charge is -2.02. The van der Waals surface area contributed by atoms with Crippen LogP contribution < -0.4 is 0 Å². The minimum Gasteiger partial charge on any atom is -0.512 e. The van der Waals surface area contributed by atoms with Crippen molar-refractivity contribution in [1.29, 1.82) is 0 Å². The van der Waals surface area contributed by atoms with Crippen molar-refractivity contribution in [2.45, 2.75) is 20.4 Å². The van der Waals surface area contributed by atoms with E-state index >= 15 is 0 Å². The zero-order valence-electron chi connectivity index (χ0n) is 11.7. The van der Waals surface area contributed by atoms with E-state index in [1.807, 2.05) is 30.3 Å². The van der Waals surface area contributed by atoms with Crippen molar-refractivity contribution in [1.82, 2.24) is 0 Å². The molecule has 0 aliphatic heterocycles. The Morgan fingerprint density at radius 1 is 1.35 bits per heavy atom. The molecule has 0 aliphatic carbocycles. The summed E-state index contributed by atoms with van der Waals surface area (Å²) in [5.41, 5.74) is 1.25. The van der Waals surface area contributed by atoms with E-state index in [2.05, 4.69) is 4.99 Å². The first-order chi connectivity index (χ1) is 9.65. The summed E-state index contributed by atoms with van der Waals surface area (Å²) >= 11 is 0. The summed E-state index contributed by atoms with van der Waals surface area (Å²) in [7, 11) is 0. The molecule has 0 atom stereocenters. The van der Waals surface area contributed by atoms with Gasteiger partial charge < -0.3 is 9.84 Å². The van der Waals surface area contributed by atoms with Crippen molar-refractivity contribution in [3.05, 3.63) is 59.4 Å². The highest BCUT2D eigenvalue weighted by atomic mass is 16.5. The molecule has 0 aromatic heterocycles. The molecular formula is C16H19NO3. The summed E-state index contributed by atoms with van der Waals surface area (Å²) in [6.07, 6.45) is 4.69. The number of hydrogen-bond acceptors (Lipinski definition) is 4. The number of benzene rings is 1. The van der Waals surface area contributed by atoms with Crippen LogP contribution in [0.2, 0.25) is 0 Å². The predicted molar refractivity (Wildman–Crippen MR) is 79.7 cm³/mol.